The molecule has 1 N–H and O–H groups in total. The van der Waals surface area contributed by atoms with Gasteiger partial charge in [-0.2, -0.15) is 5.10 Å². The molecule has 108 valence electrons. The van der Waals surface area contributed by atoms with Crippen molar-refractivity contribution in [3.63, 3.8) is 0 Å². The monoisotopic (exact) mass is 272 g/mol. The first kappa shape index (κ1) is 13.6. The van der Waals surface area contributed by atoms with Gasteiger partial charge in [0, 0.05) is 36.6 Å². The highest BCUT2D eigenvalue weighted by Gasteiger charge is 2.19. The summed E-state index contributed by atoms with van der Waals surface area (Å²) in [6, 6.07) is 2.65. The van der Waals surface area contributed by atoms with Crippen LogP contribution in [0.2, 0.25) is 0 Å². The molecule has 1 aliphatic carbocycles. The van der Waals surface area contributed by atoms with Gasteiger partial charge in [0.25, 0.3) is 0 Å². The first-order valence-corrected chi connectivity index (χ1v) is 7.76. The summed E-state index contributed by atoms with van der Waals surface area (Å²) in [6.07, 6.45) is 10.8. The minimum absolute atomic E-state index is 0.646. The summed E-state index contributed by atoms with van der Waals surface area (Å²) in [6.45, 7) is 5.26. The van der Waals surface area contributed by atoms with Gasteiger partial charge in [-0.1, -0.05) is 26.2 Å². The van der Waals surface area contributed by atoms with Crippen molar-refractivity contribution in [3.8, 4) is 0 Å². The molecular weight excluding hydrogens is 248 g/mol. The number of nitrogens with zero attached hydrogens (tertiary/aromatic N) is 3. The van der Waals surface area contributed by atoms with Crippen molar-refractivity contribution in [3.05, 3.63) is 29.7 Å². The van der Waals surface area contributed by atoms with E-state index in [9.17, 15) is 0 Å². The van der Waals surface area contributed by atoms with Crippen LogP contribution in [0.3, 0.4) is 0 Å². The Kier molecular flexibility index (Phi) is 4.01. The largest absolute Gasteiger partial charge is 0.310 e. The lowest BCUT2D eigenvalue weighted by molar-refractivity contribution is 0.355. The minimum Gasteiger partial charge on any atom is -0.310 e. The molecule has 0 radical (unpaired) electrons. The van der Waals surface area contributed by atoms with E-state index in [2.05, 4.69) is 28.5 Å². The SMILES string of the molecule is Cc1cc2ncc(CNC3CCCCCC3C)cn2n1. The maximum Gasteiger partial charge on any atom is 0.155 e. The van der Waals surface area contributed by atoms with Crippen LogP contribution >= 0.6 is 0 Å². The second-order valence-electron chi connectivity index (χ2n) is 6.15. The molecule has 2 heterocycles. The Hall–Kier alpha value is -1.42. The Bertz CT molecular complexity index is 575. The van der Waals surface area contributed by atoms with Crippen LogP contribution in [-0.2, 0) is 6.54 Å². The topological polar surface area (TPSA) is 42.2 Å². The highest BCUT2D eigenvalue weighted by atomic mass is 15.2. The molecule has 2 unspecified atom stereocenters. The lowest BCUT2D eigenvalue weighted by Crippen LogP contribution is -2.33. The number of aromatic nitrogens is 3. The molecule has 2 atom stereocenters. The Morgan fingerprint density at radius 3 is 3.05 bits per heavy atom. The molecular formula is C16H24N4. The van der Waals surface area contributed by atoms with Gasteiger partial charge < -0.3 is 5.32 Å². The summed E-state index contributed by atoms with van der Waals surface area (Å²) >= 11 is 0. The average molecular weight is 272 g/mol. The molecule has 0 aliphatic heterocycles. The molecule has 0 saturated heterocycles. The quantitative estimate of drug-likeness (QED) is 0.873. The van der Waals surface area contributed by atoms with Gasteiger partial charge in [0.05, 0.1) is 5.69 Å². The summed E-state index contributed by atoms with van der Waals surface area (Å²) in [7, 11) is 0. The van der Waals surface area contributed by atoms with Crippen LogP contribution in [0.15, 0.2) is 18.5 Å². The molecule has 0 bridgehead atoms. The molecule has 20 heavy (non-hydrogen) atoms. The molecule has 1 fully saturated rings. The van der Waals surface area contributed by atoms with Gasteiger partial charge in [0.2, 0.25) is 0 Å². The van der Waals surface area contributed by atoms with E-state index in [1.54, 1.807) is 0 Å². The minimum atomic E-state index is 0.646. The third kappa shape index (κ3) is 3.01. The van der Waals surface area contributed by atoms with Gasteiger partial charge in [-0.3, -0.25) is 0 Å². The molecule has 2 aromatic rings. The molecule has 4 heteroatoms. The summed E-state index contributed by atoms with van der Waals surface area (Å²) in [5.74, 6) is 0.779. The smallest absolute Gasteiger partial charge is 0.155 e. The summed E-state index contributed by atoms with van der Waals surface area (Å²) < 4.78 is 1.88. The molecule has 4 nitrogen and oxygen atoms in total. The number of aryl methyl sites for hydroxylation is 1. The third-order valence-electron chi connectivity index (χ3n) is 4.42. The molecule has 1 saturated carbocycles. The Balaban J connectivity index is 1.66. The molecule has 1 aliphatic rings. The second-order valence-corrected chi connectivity index (χ2v) is 6.15. The standard InChI is InChI=1S/C16H24N4/c1-12-6-4-3-5-7-15(12)17-9-14-10-18-16-8-13(2)19-20(16)11-14/h8,10-12,15,17H,3-7,9H2,1-2H3. The fourth-order valence-corrected chi connectivity index (χ4v) is 3.17. The lowest BCUT2D eigenvalue weighted by atomic mass is 9.97. The van der Waals surface area contributed by atoms with Crippen molar-refractivity contribution >= 4 is 5.65 Å². The van der Waals surface area contributed by atoms with Crippen molar-refractivity contribution in [1.82, 2.24) is 19.9 Å². The molecule has 0 spiro atoms. The van der Waals surface area contributed by atoms with E-state index in [0.717, 1.165) is 23.8 Å². The van der Waals surface area contributed by atoms with Crippen molar-refractivity contribution in [2.75, 3.05) is 0 Å². The Morgan fingerprint density at radius 1 is 1.30 bits per heavy atom. The van der Waals surface area contributed by atoms with Crippen molar-refractivity contribution in [2.24, 2.45) is 5.92 Å². The normalized spacial score (nSPS) is 23.9. The first-order valence-electron chi connectivity index (χ1n) is 7.76. The van der Waals surface area contributed by atoms with E-state index >= 15 is 0 Å². The number of nitrogens with one attached hydrogen (secondary N) is 1. The van der Waals surface area contributed by atoms with E-state index in [1.807, 2.05) is 23.7 Å². The average Bonchev–Trinajstić information content (AvgIpc) is 2.67. The van der Waals surface area contributed by atoms with Crippen LogP contribution in [0.1, 0.15) is 50.3 Å². The van der Waals surface area contributed by atoms with Crippen LogP contribution in [0, 0.1) is 12.8 Å². The van der Waals surface area contributed by atoms with Crippen LogP contribution in [-0.4, -0.2) is 20.6 Å². The predicted octanol–water partition coefficient (Wildman–Crippen LogP) is 3.10. The third-order valence-corrected chi connectivity index (χ3v) is 4.42. The van der Waals surface area contributed by atoms with Crippen LogP contribution in [0.4, 0.5) is 0 Å². The zero-order valence-corrected chi connectivity index (χ0v) is 12.5. The zero-order chi connectivity index (χ0) is 13.9. The summed E-state index contributed by atoms with van der Waals surface area (Å²) in [4.78, 5) is 4.46. The van der Waals surface area contributed by atoms with Gasteiger partial charge in [-0.25, -0.2) is 9.50 Å². The number of hydrogen-bond acceptors (Lipinski definition) is 3. The highest BCUT2D eigenvalue weighted by molar-refractivity contribution is 5.38. The summed E-state index contributed by atoms with van der Waals surface area (Å²) in [5, 5.41) is 8.14. The van der Waals surface area contributed by atoms with Gasteiger partial charge in [0.15, 0.2) is 5.65 Å². The van der Waals surface area contributed by atoms with Crippen LogP contribution in [0.25, 0.3) is 5.65 Å². The summed E-state index contributed by atoms with van der Waals surface area (Å²) in [5.41, 5.74) is 3.14. The highest BCUT2D eigenvalue weighted by Crippen LogP contribution is 2.23. The molecule has 3 rings (SSSR count). The van der Waals surface area contributed by atoms with Gasteiger partial charge in [-0.15, -0.1) is 0 Å². The van der Waals surface area contributed by atoms with E-state index in [1.165, 1.54) is 37.7 Å². The Morgan fingerprint density at radius 2 is 2.15 bits per heavy atom. The van der Waals surface area contributed by atoms with Gasteiger partial charge >= 0.3 is 0 Å². The fourth-order valence-electron chi connectivity index (χ4n) is 3.17. The van der Waals surface area contributed by atoms with E-state index in [4.69, 9.17) is 0 Å². The number of fused-ring (bicyclic) bond motifs is 1. The number of rotatable bonds is 3. The predicted molar refractivity (Wildman–Crippen MR) is 80.6 cm³/mol. The van der Waals surface area contributed by atoms with E-state index < -0.39 is 0 Å². The fraction of sp³-hybridized carbons (Fsp3) is 0.625. The first-order chi connectivity index (χ1) is 9.72. The van der Waals surface area contributed by atoms with E-state index in [-0.39, 0.29) is 0 Å². The maximum absolute atomic E-state index is 4.46. The number of hydrogen-bond donors (Lipinski definition) is 1. The van der Waals surface area contributed by atoms with Crippen molar-refractivity contribution < 1.29 is 0 Å². The van der Waals surface area contributed by atoms with Crippen LogP contribution in [0.5, 0.6) is 0 Å². The molecule has 2 aromatic heterocycles. The second kappa shape index (κ2) is 5.92. The molecule has 0 amide bonds. The maximum atomic E-state index is 4.46. The van der Waals surface area contributed by atoms with Crippen molar-refractivity contribution in [1.29, 1.82) is 0 Å². The zero-order valence-electron chi connectivity index (χ0n) is 12.5. The van der Waals surface area contributed by atoms with Crippen LogP contribution < -0.4 is 5.32 Å². The molecule has 0 aromatic carbocycles. The van der Waals surface area contributed by atoms with E-state index in [0.29, 0.717) is 6.04 Å². The van der Waals surface area contributed by atoms with Gasteiger partial charge in [0.1, 0.15) is 0 Å². The van der Waals surface area contributed by atoms with Crippen molar-refractivity contribution in [2.45, 2.75) is 58.5 Å². The van der Waals surface area contributed by atoms with Gasteiger partial charge in [-0.05, 0) is 25.7 Å². The lowest BCUT2D eigenvalue weighted by Gasteiger charge is -2.22. The Labute approximate surface area is 120 Å².